The predicted molar refractivity (Wildman–Crippen MR) is 79.9 cm³/mol. The monoisotopic (exact) mass is 336 g/mol. The number of nitrogens with one attached hydrogen (secondary N) is 1. The Labute approximate surface area is 112 Å². The summed E-state index contributed by atoms with van der Waals surface area (Å²) in [7, 11) is 3.75. The fraction of sp³-hybridized carbons (Fsp3) is 1.00. The second-order valence-corrected chi connectivity index (χ2v) is 13.1. The van der Waals surface area contributed by atoms with E-state index in [-0.39, 0.29) is 0 Å². The van der Waals surface area contributed by atoms with E-state index < -0.39 is 19.8 Å². The number of hydrogen-bond acceptors (Lipinski definition) is 1. The first-order chi connectivity index (χ1) is 7.76. The van der Waals surface area contributed by atoms with Crippen LogP contribution in [0.25, 0.3) is 0 Å². The summed E-state index contributed by atoms with van der Waals surface area (Å²) in [6.45, 7) is 7.00. The van der Waals surface area contributed by atoms with Crippen LogP contribution in [0.4, 0.5) is 0 Å². The van der Waals surface area contributed by atoms with Crippen LogP contribution in [0, 0.1) is 0 Å². The summed E-state index contributed by atoms with van der Waals surface area (Å²) in [6, 6.07) is 0. The van der Waals surface area contributed by atoms with Gasteiger partial charge in [-0.15, -0.1) is 0 Å². The molecule has 0 fully saturated rings. The molecule has 0 aliphatic rings. The quantitative estimate of drug-likeness (QED) is 0.602. The number of hydrogen-bond donors (Lipinski definition) is 1. The molecular weight excluding hydrogens is 301 g/mol. The molecule has 1 nitrogen and oxygen atoms in total. The molecule has 0 saturated carbocycles. The van der Waals surface area contributed by atoms with Gasteiger partial charge < -0.3 is 5.32 Å². The van der Waals surface area contributed by atoms with Crippen LogP contribution in [0.15, 0.2) is 0 Å². The molecule has 0 atom stereocenters. The Kier molecular flexibility index (Phi) is 21.7. The molecule has 0 bridgehead atoms. The van der Waals surface area contributed by atoms with Crippen LogP contribution in [0.5, 0.6) is 0 Å². The van der Waals surface area contributed by atoms with Gasteiger partial charge in [0, 0.05) is 0 Å². The van der Waals surface area contributed by atoms with Crippen LogP contribution in [-0.2, 0) is 0 Å². The minimum atomic E-state index is -0.839. The largest absolute Gasteiger partial charge is 0.323 e. The molecular formula is C14H34NSn+. The van der Waals surface area contributed by atoms with Crippen molar-refractivity contribution < 1.29 is 0 Å². The molecule has 0 spiro atoms. The summed E-state index contributed by atoms with van der Waals surface area (Å²) in [5.74, 6) is 0. The van der Waals surface area contributed by atoms with Crippen LogP contribution in [0.1, 0.15) is 59.3 Å². The molecule has 0 unspecified atom stereocenters. The third kappa shape index (κ3) is 17.2. The molecule has 0 aromatic rings. The first-order valence-electron chi connectivity index (χ1n) is 7.18. The van der Waals surface area contributed by atoms with Gasteiger partial charge in [-0.25, -0.2) is 0 Å². The van der Waals surface area contributed by atoms with Crippen molar-refractivity contribution in [1.29, 1.82) is 0 Å². The fourth-order valence-electron chi connectivity index (χ4n) is 1.66. The number of unbranched alkanes of at least 4 members (excludes halogenated alkanes) is 3. The minimum Gasteiger partial charge on any atom is -0.323 e. The van der Waals surface area contributed by atoms with Gasteiger partial charge in [0.15, 0.2) is 0 Å². The average molecular weight is 335 g/mol. The summed E-state index contributed by atoms with van der Waals surface area (Å²) < 4.78 is 5.04. The van der Waals surface area contributed by atoms with Crippen molar-refractivity contribution in [3.05, 3.63) is 0 Å². The Morgan fingerprint density at radius 1 is 0.688 bits per heavy atom. The van der Waals surface area contributed by atoms with Crippen LogP contribution in [0.2, 0.25) is 13.3 Å². The molecule has 1 N–H and O–H groups in total. The zero-order valence-electron chi connectivity index (χ0n) is 12.4. The average Bonchev–Trinajstić information content (AvgIpc) is 2.29. The van der Waals surface area contributed by atoms with Crippen molar-refractivity contribution in [1.82, 2.24) is 5.32 Å². The smallest absolute Gasteiger partial charge is 0.0167 e. The van der Waals surface area contributed by atoms with Gasteiger partial charge in [-0.05, 0) is 14.1 Å². The third-order valence-electron chi connectivity index (χ3n) is 2.65. The SMILES string of the molecule is CCC[CH2][Sn+]([CH2]CCC)[CH2]CCC.CNC. The number of rotatable bonds is 9. The van der Waals surface area contributed by atoms with Crippen molar-refractivity contribution in [2.24, 2.45) is 0 Å². The first-order valence-corrected chi connectivity index (χ1v) is 13.2. The summed E-state index contributed by atoms with van der Waals surface area (Å²) in [6.07, 6.45) is 8.85. The van der Waals surface area contributed by atoms with E-state index in [1.807, 2.05) is 14.1 Å². The predicted octanol–water partition coefficient (Wildman–Crippen LogP) is 4.72. The molecule has 0 amide bonds. The van der Waals surface area contributed by atoms with Crippen molar-refractivity contribution in [3.8, 4) is 0 Å². The van der Waals surface area contributed by atoms with Crippen LogP contribution >= 0.6 is 0 Å². The van der Waals surface area contributed by atoms with Gasteiger partial charge in [-0.3, -0.25) is 0 Å². The maximum Gasteiger partial charge on any atom is -0.0167 e. The third-order valence-corrected chi connectivity index (χ3v) is 11.7. The van der Waals surface area contributed by atoms with Gasteiger partial charge in [0.05, 0.1) is 0 Å². The minimum absolute atomic E-state index is 0.839. The van der Waals surface area contributed by atoms with Crippen molar-refractivity contribution in [3.63, 3.8) is 0 Å². The van der Waals surface area contributed by atoms with E-state index in [0.717, 1.165) is 0 Å². The summed E-state index contributed by atoms with van der Waals surface area (Å²) in [4.78, 5) is 0. The molecule has 0 aromatic heterocycles. The Bertz CT molecular complexity index is 87.9. The first kappa shape index (κ1) is 19.1. The van der Waals surface area contributed by atoms with Gasteiger partial charge >= 0.3 is 92.4 Å². The normalized spacial score (nSPS) is 9.56. The van der Waals surface area contributed by atoms with Crippen molar-refractivity contribution >= 4 is 19.8 Å². The Morgan fingerprint density at radius 3 is 1.12 bits per heavy atom. The maximum absolute atomic E-state index is 2.75. The van der Waals surface area contributed by atoms with Crippen LogP contribution in [0.3, 0.4) is 0 Å². The molecule has 0 aromatic carbocycles. The van der Waals surface area contributed by atoms with E-state index in [1.165, 1.54) is 38.5 Å². The van der Waals surface area contributed by atoms with E-state index in [1.54, 1.807) is 13.3 Å². The molecule has 0 saturated heterocycles. The summed E-state index contributed by atoms with van der Waals surface area (Å²) >= 11 is -0.839. The topological polar surface area (TPSA) is 12.0 Å². The van der Waals surface area contributed by atoms with Gasteiger partial charge in [0.25, 0.3) is 0 Å². The second-order valence-electron chi connectivity index (χ2n) is 4.56. The molecule has 0 rings (SSSR count). The molecule has 98 valence electrons. The molecule has 0 aliphatic heterocycles. The van der Waals surface area contributed by atoms with E-state index in [2.05, 4.69) is 26.1 Å². The zero-order valence-corrected chi connectivity index (χ0v) is 15.2. The van der Waals surface area contributed by atoms with Gasteiger partial charge in [0.1, 0.15) is 0 Å². The van der Waals surface area contributed by atoms with Gasteiger partial charge in [-0.2, -0.15) is 0 Å². The van der Waals surface area contributed by atoms with Crippen LogP contribution < -0.4 is 5.32 Å². The van der Waals surface area contributed by atoms with E-state index in [0.29, 0.717) is 0 Å². The van der Waals surface area contributed by atoms with Crippen molar-refractivity contribution in [2.45, 2.75) is 72.6 Å². The molecule has 0 aliphatic carbocycles. The zero-order chi connectivity index (χ0) is 12.6. The summed E-state index contributed by atoms with van der Waals surface area (Å²) in [5.41, 5.74) is 0. The standard InChI is InChI=1S/3C4H9.C2H7N.Sn/c3*1-3-4-2;1-3-2;/h3*1,3-4H2,2H3;3H,1-2H3;/q;;;;+1. The summed E-state index contributed by atoms with van der Waals surface area (Å²) in [5, 5.41) is 2.75. The van der Waals surface area contributed by atoms with Gasteiger partial charge in [0.2, 0.25) is 0 Å². The Morgan fingerprint density at radius 2 is 0.938 bits per heavy atom. The molecule has 2 heteroatoms. The maximum atomic E-state index is 2.75. The van der Waals surface area contributed by atoms with Crippen LogP contribution in [-0.4, -0.2) is 33.9 Å². The van der Waals surface area contributed by atoms with E-state index >= 15 is 0 Å². The Balaban J connectivity index is 0. The molecule has 0 radical (unpaired) electrons. The fourth-order valence-corrected chi connectivity index (χ4v) is 11.1. The second kappa shape index (κ2) is 18.1. The van der Waals surface area contributed by atoms with E-state index in [4.69, 9.17) is 0 Å². The molecule has 16 heavy (non-hydrogen) atoms. The Hall–Kier alpha value is 0.759. The van der Waals surface area contributed by atoms with Gasteiger partial charge in [-0.1, -0.05) is 0 Å². The van der Waals surface area contributed by atoms with E-state index in [9.17, 15) is 0 Å². The van der Waals surface area contributed by atoms with Crippen molar-refractivity contribution in [2.75, 3.05) is 14.1 Å². The molecule has 0 heterocycles.